The summed E-state index contributed by atoms with van der Waals surface area (Å²) in [6.45, 7) is -0.477. The van der Waals surface area contributed by atoms with Crippen LogP contribution in [-0.2, 0) is 33.6 Å². The molecule has 0 spiro atoms. The first kappa shape index (κ1) is 27.2. The predicted octanol–water partition coefficient (Wildman–Crippen LogP) is -4.51. The maximum atomic E-state index is 12.5. The summed E-state index contributed by atoms with van der Waals surface area (Å²) in [6, 6.07) is -4.59. The lowest BCUT2D eigenvalue weighted by Gasteiger charge is -2.23. The van der Waals surface area contributed by atoms with Crippen LogP contribution in [0.4, 0.5) is 0 Å². The first-order valence-electron chi connectivity index (χ1n) is 8.98. The number of nitrogens with two attached hydrogens (primary N) is 3. The van der Waals surface area contributed by atoms with Gasteiger partial charge in [-0.05, 0) is 12.8 Å². The third-order valence-electron chi connectivity index (χ3n) is 3.82. The maximum Gasteiger partial charge on any atom is 0.326 e. The zero-order valence-electron chi connectivity index (χ0n) is 16.5. The van der Waals surface area contributed by atoms with E-state index in [0.29, 0.717) is 0 Å². The number of rotatable bonds is 15. The number of carbonyl (C=O) groups is 7. The summed E-state index contributed by atoms with van der Waals surface area (Å²) in [7, 11) is 0. The molecule has 0 bridgehead atoms. The van der Waals surface area contributed by atoms with Gasteiger partial charge in [0.2, 0.25) is 29.5 Å². The van der Waals surface area contributed by atoms with E-state index in [2.05, 4.69) is 10.6 Å². The molecule has 0 aromatic carbocycles. The van der Waals surface area contributed by atoms with Crippen molar-refractivity contribution in [3.8, 4) is 0 Å². The lowest BCUT2D eigenvalue weighted by molar-refractivity contribution is -0.143. The van der Waals surface area contributed by atoms with Gasteiger partial charge in [0.1, 0.15) is 18.1 Å². The molecule has 0 aliphatic heterocycles. The van der Waals surface area contributed by atoms with Crippen molar-refractivity contribution in [2.24, 2.45) is 17.2 Å². The SMILES string of the molecule is NCC(=O)NC(CCC(N)=O)C(=O)NC(CC(N)=O)C(=O)NC(CCC(=O)O)C(=O)O. The van der Waals surface area contributed by atoms with Gasteiger partial charge in [0.05, 0.1) is 13.0 Å². The molecule has 0 radical (unpaired) electrons. The average molecular weight is 446 g/mol. The molecule has 15 heteroatoms. The van der Waals surface area contributed by atoms with Crippen LogP contribution in [0.5, 0.6) is 0 Å². The average Bonchev–Trinajstić information content (AvgIpc) is 2.66. The van der Waals surface area contributed by atoms with Gasteiger partial charge < -0.3 is 43.4 Å². The van der Waals surface area contributed by atoms with Crippen molar-refractivity contribution < 1.29 is 43.8 Å². The molecule has 0 rings (SSSR count). The molecule has 0 fully saturated rings. The van der Waals surface area contributed by atoms with Crippen LogP contribution in [-0.4, -0.2) is 76.4 Å². The van der Waals surface area contributed by atoms with Gasteiger partial charge in [0.15, 0.2) is 0 Å². The highest BCUT2D eigenvalue weighted by molar-refractivity contribution is 5.96. The monoisotopic (exact) mass is 446 g/mol. The highest BCUT2D eigenvalue weighted by atomic mass is 16.4. The van der Waals surface area contributed by atoms with Crippen molar-refractivity contribution in [1.29, 1.82) is 0 Å². The fourth-order valence-electron chi connectivity index (χ4n) is 2.29. The number of primary amides is 2. The van der Waals surface area contributed by atoms with E-state index in [1.165, 1.54) is 0 Å². The van der Waals surface area contributed by atoms with Crippen molar-refractivity contribution >= 4 is 41.5 Å². The van der Waals surface area contributed by atoms with Crippen LogP contribution >= 0.6 is 0 Å². The molecule has 174 valence electrons. The Morgan fingerprint density at radius 3 is 1.68 bits per heavy atom. The molecule has 0 heterocycles. The van der Waals surface area contributed by atoms with Crippen molar-refractivity contribution in [3.63, 3.8) is 0 Å². The van der Waals surface area contributed by atoms with E-state index in [1.54, 1.807) is 0 Å². The van der Waals surface area contributed by atoms with Gasteiger partial charge in [-0.2, -0.15) is 0 Å². The van der Waals surface area contributed by atoms with Crippen LogP contribution < -0.4 is 33.2 Å². The second kappa shape index (κ2) is 13.5. The summed E-state index contributed by atoms with van der Waals surface area (Å²) in [4.78, 5) is 80.6. The van der Waals surface area contributed by atoms with E-state index in [0.717, 1.165) is 0 Å². The Balaban J connectivity index is 5.41. The van der Waals surface area contributed by atoms with Crippen LogP contribution in [0.1, 0.15) is 32.1 Å². The van der Waals surface area contributed by atoms with Crippen LogP contribution in [0, 0.1) is 0 Å². The topological polar surface area (TPSA) is 274 Å². The van der Waals surface area contributed by atoms with Crippen LogP contribution in [0.25, 0.3) is 0 Å². The van der Waals surface area contributed by atoms with Crippen molar-refractivity contribution in [3.05, 3.63) is 0 Å². The van der Waals surface area contributed by atoms with Crippen LogP contribution in [0.2, 0.25) is 0 Å². The number of amides is 5. The number of nitrogens with one attached hydrogen (secondary N) is 3. The Hall–Kier alpha value is -3.75. The van der Waals surface area contributed by atoms with E-state index in [1.807, 2.05) is 5.32 Å². The molecular formula is C16H26N6O9. The van der Waals surface area contributed by atoms with Crippen molar-refractivity contribution in [1.82, 2.24) is 16.0 Å². The Morgan fingerprint density at radius 2 is 1.23 bits per heavy atom. The molecule has 31 heavy (non-hydrogen) atoms. The minimum Gasteiger partial charge on any atom is -0.481 e. The number of carboxylic acid groups (broad SMARTS) is 2. The molecule has 0 aliphatic rings. The zero-order chi connectivity index (χ0) is 24.1. The van der Waals surface area contributed by atoms with Gasteiger partial charge in [-0.15, -0.1) is 0 Å². The lowest BCUT2D eigenvalue weighted by Crippen LogP contribution is -2.57. The number of carboxylic acids is 2. The number of aliphatic carboxylic acids is 2. The summed E-state index contributed by atoms with van der Waals surface area (Å²) in [5, 5.41) is 24.2. The van der Waals surface area contributed by atoms with Crippen molar-refractivity contribution in [2.45, 2.75) is 50.2 Å². The van der Waals surface area contributed by atoms with Crippen LogP contribution in [0.3, 0.4) is 0 Å². The Bertz CT molecular complexity index is 726. The number of hydrogen-bond donors (Lipinski definition) is 8. The van der Waals surface area contributed by atoms with E-state index in [4.69, 9.17) is 27.4 Å². The number of carbonyl (C=O) groups excluding carboxylic acids is 5. The molecule has 3 atom stereocenters. The smallest absolute Gasteiger partial charge is 0.326 e. The summed E-state index contributed by atoms with van der Waals surface area (Å²) in [5.41, 5.74) is 15.2. The quantitative estimate of drug-likeness (QED) is 0.119. The minimum atomic E-state index is -1.64. The molecule has 5 amide bonds. The van der Waals surface area contributed by atoms with Gasteiger partial charge in [-0.25, -0.2) is 4.79 Å². The van der Waals surface area contributed by atoms with E-state index in [-0.39, 0.29) is 12.8 Å². The second-order valence-corrected chi connectivity index (χ2v) is 6.39. The summed E-state index contributed by atoms with van der Waals surface area (Å²) in [5.74, 6) is -7.47. The standard InChI is InChI=1S/C16H26N6O9/c17-6-12(25)20-7(1-3-10(18)23)14(28)22-9(5-11(19)24)15(29)21-8(16(30)31)2-4-13(26)27/h7-9H,1-6,17H2,(H2,18,23)(H2,19,24)(H,20,25)(H,21,29)(H,22,28)(H,26,27)(H,30,31). The lowest BCUT2D eigenvalue weighted by atomic mass is 10.1. The molecule has 0 saturated carbocycles. The molecule has 11 N–H and O–H groups in total. The van der Waals surface area contributed by atoms with E-state index < -0.39 is 85.4 Å². The van der Waals surface area contributed by atoms with Gasteiger partial charge in [-0.1, -0.05) is 0 Å². The third kappa shape index (κ3) is 11.7. The maximum absolute atomic E-state index is 12.5. The zero-order valence-corrected chi connectivity index (χ0v) is 16.5. The molecule has 0 saturated heterocycles. The normalized spacial score (nSPS) is 13.2. The summed E-state index contributed by atoms with van der Waals surface area (Å²) in [6.07, 6.45) is -2.29. The fourth-order valence-corrected chi connectivity index (χ4v) is 2.29. The molecule has 3 unspecified atom stereocenters. The molecule has 0 aromatic heterocycles. The Morgan fingerprint density at radius 1 is 0.710 bits per heavy atom. The summed E-state index contributed by atoms with van der Waals surface area (Å²) < 4.78 is 0. The van der Waals surface area contributed by atoms with Crippen molar-refractivity contribution in [2.75, 3.05) is 6.54 Å². The fraction of sp³-hybridized carbons (Fsp3) is 0.562. The van der Waals surface area contributed by atoms with Gasteiger partial charge in [0, 0.05) is 12.8 Å². The largest absolute Gasteiger partial charge is 0.481 e. The molecule has 0 aromatic rings. The third-order valence-corrected chi connectivity index (χ3v) is 3.82. The second-order valence-electron chi connectivity index (χ2n) is 6.39. The first-order valence-corrected chi connectivity index (χ1v) is 8.98. The molecular weight excluding hydrogens is 420 g/mol. The Kier molecular flexibility index (Phi) is 11.8. The van der Waals surface area contributed by atoms with E-state index in [9.17, 15) is 33.6 Å². The van der Waals surface area contributed by atoms with Gasteiger partial charge >= 0.3 is 11.9 Å². The minimum absolute atomic E-state index is 0.242. The highest BCUT2D eigenvalue weighted by Crippen LogP contribution is 2.03. The highest BCUT2D eigenvalue weighted by Gasteiger charge is 2.30. The summed E-state index contributed by atoms with van der Waals surface area (Å²) >= 11 is 0. The first-order chi connectivity index (χ1) is 14.4. The Labute approximate surface area is 176 Å². The molecule has 15 nitrogen and oxygen atoms in total. The van der Waals surface area contributed by atoms with Crippen LogP contribution in [0.15, 0.2) is 0 Å². The van der Waals surface area contributed by atoms with Gasteiger partial charge in [0.25, 0.3) is 0 Å². The number of hydrogen-bond acceptors (Lipinski definition) is 8. The van der Waals surface area contributed by atoms with E-state index >= 15 is 0 Å². The predicted molar refractivity (Wildman–Crippen MR) is 102 cm³/mol. The van der Waals surface area contributed by atoms with Gasteiger partial charge in [-0.3, -0.25) is 28.8 Å². The molecule has 0 aliphatic carbocycles.